The van der Waals surface area contributed by atoms with Crippen molar-refractivity contribution in [2.45, 2.75) is 63.3 Å². The summed E-state index contributed by atoms with van der Waals surface area (Å²) in [4.78, 5) is 27.4. The minimum absolute atomic E-state index is 0.0182. The number of aryl methyl sites for hydroxylation is 1. The van der Waals surface area contributed by atoms with E-state index in [1.165, 1.54) is 12.1 Å². The molecule has 5 rings (SSSR count). The summed E-state index contributed by atoms with van der Waals surface area (Å²) in [5.74, 6) is -0.385. The molecular formula is C26H31F4N5O2. The standard InChI is InChI=1S/C26H31F4N5O2/c1-15(18-5-4-6-20(21(18)27)26(28,29)30)31-23-19-13-35(17-7-11-37-12-8-17)24(36)25(9-10-34(3)14-25)22(19)32-16(2)33-23/h4-6,15,17H,7-14H2,1-3H3,(H,31,32,33)/t15-,25?/m1/s1. The molecule has 0 radical (unpaired) electrons. The fraction of sp³-hybridized carbons (Fsp3) is 0.577. The summed E-state index contributed by atoms with van der Waals surface area (Å²) in [5.41, 5.74) is -0.828. The van der Waals surface area contributed by atoms with Gasteiger partial charge in [0.1, 0.15) is 22.9 Å². The van der Waals surface area contributed by atoms with Gasteiger partial charge in [0, 0.05) is 36.9 Å². The van der Waals surface area contributed by atoms with Gasteiger partial charge in [-0.15, -0.1) is 0 Å². The monoisotopic (exact) mass is 521 g/mol. The first-order chi connectivity index (χ1) is 17.5. The molecule has 4 heterocycles. The maximum Gasteiger partial charge on any atom is 0.419 e. The zero-order chi connectivity index (χ0) is 26.5. The van der Waals surface area contributed by atoms with Crippen molar-refractivity contribution in [3.05, 3.63) is 52.2 Å². The number of amides is 1. The van der Waals surface area contributed by atoms with Gasteiger partial charge in [-0.05, 0) is 52.8 Å². The molecule has 1 aromatic carbocycles. The fourth-order valence-electron chi connectivity index (χ4n) is 5.93. The third kappa shape index (κ3) is 4.56. The van der Waals surface area contributed by atoms with E-state index in [0.717, 1.165) is 31.0 Å². The summed E-state index contributed by atoms with van der Waals surface area (Å²) >= 11 is 0. The van der Waals surface area contributed by atoms with Crippen molar-refractivity contribution in [1.29, 1.82) is 0 Å². The SMILES string of the molecule is Cc1nc(N[C@H](C)c2cccc(C(F)(F)F)c2F)c2c(n1)C1(CCN(C)C1)C(=O)N(C1CCOCC1)C2. The molecule has 7 nitrogen and oxygen atoms in total. The van der Waals surface area contributed by atoms with Gasteiger partial charge in [-0.3, -0.25) is 4.79 Å². The van der Waals surface area contributed by atoms with E-state index in [1.807, 2.05) is 11.9 Å². The quantitative estimate of drug-likeness (QED) is 0.608. The van der Waals surface area contributed by atoms with Crippen LogP contribution in [0.25, 0.3) is 0 Å². The number of benzene rings is 1. The maximum atomic E-state index is 14.9. The van der Waals surface area contributed by atoms with Gasteiger partial charge in [-0.1, -0.05) is 12.1 Å². The van der Waals surface area contributed by atoms with Crippen LogP contribution in [0.3, 0.4) is 0 Å². The highest BCUT2D eigenvalue weighted by Gasteiger charge is 2.54. The molecule has 0 saturated carbocycles. The van der Waals surface area contributed by atoms with Crippen LogP contribution in [0.15, 0.2) is 18.2 Å². The van der Waals surface area contributed by atoms with Gasteiger partial charge in [0.25, 0.3) is 0 Å². The number of nitrogens with zero attached hydrogens (tertiary/aromatic N) is 4. The molecule has 0 bridgehead atoms. The summed E-state index contributed by atoms with van der Waals surface area (Å²) < 4.78 is 60.4. The molecule has 2 fully saturated rings. The summed E-state index contributed by atoms with van der Waals surface area (Å²) in [6.45, 7) is 6.03. The average molecular weight is 522 g/mol. The van der Waals surface area contributed by atoms with Gasteiger partial charge in [-0.2, -0.15) is 13.2 Å². The van der Waals surface area contributed by atoms with E-state index in [-0.39, 0.29) is 24.1 Å². The molecule has 1 amide bonds. The number of rotatable bonds is 4. The van der Waals surface area contributed by atoms with Crippen molar-refractivity contribution >= 4 is 11.7 Å². The number of alkyl halides is 3. The number of carbonyl (C=O) groups excluding carboxylic acids is 1. The zero-order valence-electron chi connectivity index (χ0n) is 21.2. The second kappa shape index (κ2) is 9.50. The first-order valence-electron chi connectivity index (χ1n) is 12.6. The Morgan fingerprint density at radius 2 is 1.95 bits per heavy atom. The van der Waals surface area contributed by atoms with Crippen LogP contribution in [0.1, 0.15) is 60.4 Å². The summed E-state index contributed by atoms with van der Waals surface area (Å²) in [7, 11) is 1.97. The van der Waals surface area contributed by atoms with Gasteiger partial charge in [0.15, 0.2) is 0 Å². The lowest BCUT2D eigenvalue weighted by molar-refractivity contribution is -0.144. The van der Waals surface area contributed by atoms with E-state index < -0.39 is 29.0 Å². The largest absolute Gasteiger partial charge is 0.419 e. The minimum Gasteiger partial charge on any atom is -0.381 e. The molecule has 2 saturated heterocycles. The van der Waals surface area contributed by atoms with Crippen LogP contribution in [-0.2, 0) is 27.7 Å². The highest BCUT2D eigenvalue weighted by molar-refractivity contribution is 5.91. The fourth-order valence-corrected chi connectivity index (χ4v) is 5.93. The number of likely N-dealkylation sites (tertiary alicyclic amines) is 1. The van der Waals surface area contributed by atoms with Crippen LogP contribution in [0.4, 0.5) is 23.4 Å². The van der Waals surface area contributed by atoms with Crippen molar-refractivity contribution in [1.82, 2.24) is 19.8 Å². The number of ether oxygens (including phenoxy) is 1. The molecule has 2 atom stereocenters. The number of carbonyl (C=O) groups is 1. The smallest absolute Gasteiger partial charge is 0.381 e. The summed E-state index contributed by atoms with van der Waals surface area (Å²) in [6.07, 6.45) is -2.72. The van der Waals surface area contributed by atoms with E-state index in [2.05, 4.69) is 15.2 Å². The predicted octanol–water partition coefficient (Wildman–Crippen LogP) is 4.21. The molecule has 37 heavy (non-hydrogen) atoms. The number of nitrogens with one attached hydrogen (secondary N) is 1. The Kier molecular flexibility index (Phi) is 6.64. The van der Waals surface area contributed by atoms with Crippen molar-refractivity contribution in [3.63, 3.8) is 0 Å². The molecule has 200 valence electrons. The molecular weight excluding hydrogens is 490 g/mol. The molecule has 2 aromatic rings. The predicted molar refractivity (Wildman–Crippen MR) is 128 cm³/mol. The molecule has 3 aliphatic rings. The Bertz CT molecular complexity index is 1200. The van der Waals surface area contributed by atoms with E-state index in [9.17, 15) is 22.4 Å². The lowest BCUT2D eigenvalue weighted by Gasteiger charge is -2.45. The van der Waals surface area contributed by atoms with Gasteiger partial charge in [0.2, 0.25) is 5.91 Å². The molecule has 1 N–H and O–H groups in total. The van der Waals surface area contributed by atoms with Gasteiger partial charge in [0.05, 0.1) is 23.8 Å². The third-order valence-corrected chi connectivity index (χ3v) is 7.82. The summed E-state index contributed by atoms with van der Waals surface area (Å²) in [6, 6.07) is 2.49. The van der Waals surface area contributed by atoms with Crippen LogP contribution in [0, 0.1) is 12.7 Å². The van der Waals surface area contributed by atoms with Gasteiger partial charge in [-0.25, -0.2) is 14.4 Å². The van der Waals surface area contributed by atoms with E-state index in [4.69, 9.17) is 9.72 Å². The number of anilines is 1. The number of fused-ring (bicyclic) bond motifs is 2. The number of hydrogen-bond donors (Lipinski definition) is 1. The highest BCUT2D eigenvalue weighted by Crippen LogP contribution is 2.44. The lowest BCUT2D eigenvalue weighted by Crippen LogP contribution is -2.57. The van der Waals surface area contributed by atoms with Crippen LogP contribution >= 0.6 is 0 Å². The first kappa shape index (κ1) is 25.8. The number of aromatic nitrogens is 2. The Labute approximate surface area is 213 Å². The minimum atomic E-state index is -4.80. The van der Waals surface area contributed by atoms with Gasteiger partial charge >= 0.3 is 6.18 Å². The molecule has 11 heteroatoms. The van der Waals surface area contributed by atoms with Crippen LogP contribution in [-0.4, -0.2) is 65.1 Å². The Morgan fingerprint density at radius 1 is 1.22 bits per heavy atom. The number of likely N-dealkylation sites (N-methyl/N-ethyl adjacent to an activating group) is 1. The normalized spacial score (nSPS) is 24.0. The topological polar surface area (TPSA) is 70.6 Å². The Morgan fingerprint density at radius 3 is 2.59 bits per heavy atom. The summed E-state index contributed by atoms with van der Waals surface area (Å²) in [5, 5.41) is 3.17. The number of halogens is 4. The van der Waals surface area contributed by atoms with Crippen LogP contribution in [0.2, 0.25) is 0 Å². The van der Waals surface area contributed by atoms with Crippen molar-refractivity contribution in [3.8, 4) is 0 Å². The van der Waals surface area contributed by atoms with E-state index >= 15 is 0 Å². The Hall–Kier alpha value is -2.79. The van der Waals surface area contributed by atoms with Crippen molar-refractivity contribution in [2.75, 3.05) is 38.7 Å². The van der Waals surface area contributed by atoms with Crippen molar-refractivity contribution < 1.29 is 27.1 Å². The van der Waals surface area contributed by atoms with Gasteiger partial charge < -0.3 is 19.9 Å². The Balaban J connectivity index is 1.56. The van der Waals surface area contributed by atoms with Crippen molar-refractivity contribution in [2.24, 2.45) is 0 Å². The third-order valence-electron chi connectivity index (χ3n) is 7.82. The molecule has 1 unspecified atom stereocenters. The first-order valence-corrected chi connectivity index (χ1v) is 12.6. The molecule has 3 aliphatic heterocycles. The number of hydrogen-bond acceptors (Lipinski definition) is 6. The average Bonchev–Trinajstić information content (AvgIpc) is 3.24. The van der Waals surface area contributed by atoms with E-state index in [0.29, 0.717) is 43.5 Å². The van der Waals surface area contributed by atoms with Crippen LogP contribution in [0.5, 0.6) is 0 Å². The zero-order valence-corrected chi connectivity index (χ0v) is 21.2. The second-order valence-corrected chi connectivity index (χ2v) is 10.4. The molecule has 1 aromatic heterocycles. The van der Waals surface area contributed by atoms with Crippen LogP contribution < -0.4 is 5.32 Å². The second-order valence-electron chi connectivity index (χ2n) is 10.4. The highest BCUT2D eigenvalue weighted by atomic mass is 19.4. The molecule has 0 aliphatic carbocycles. The lowest BCUT2D eigenvalue weighted by atomic mass is 9.76. The van der Waals surface area contributed by atoms with E-state index in [1.54, 1.807) is 13.8 Å². The molecule has 1 spiro atoms. The maximum absolute atomic E-state index is 14.9.